The molecule has 3 rings (SSSR count). The van der Waals surface area contributed by atoms with Gasteiger partial charge in [-0.3, -0.25) is 4.79 Å². The highest BCUT2D eigenvalue weighted by Gasteiger charge is 2.15. The Morgan fingerprint density at radius 2 is 2.15 bits per heavy atom. The van der Waals surface area contributed by atoms with E-state index >= 15 is 0 Å². The van der Waals surface area contributed by atoms with E-state index in [1.54, 1.807) is 11.8 Å². The molecule has 20 heavy (non-hydrogen) atoms. The largest absolute Gasteiger partial charge is 0.493 e. The second-order valence-electron chi connectivity index (χ2n) is 4.95. The Hall–Kier alpha value is -1.74. The smallest absolute Gasteiger partial charge is 0.173 e. The Balaban J connectivity index is 1.67. The molecule has 0 aliphatic carbocycles. The van der Waals surface area contributed by atoms with Crippen LogP contribution in [-0.4, -0.2) is 18.1 Å². The van der Waals surface area contributed by atoms with Gasteiger partial charge in [0.2, 0.25) is 0 Å². The number of ketones is 1. The summed E-state index contributed by atoms with van der Waals surface area (Å²) >= 11 is 1.59. The van der Waals surface area contributed by atoms with Gasteiger partial charge in [0.1, 0.15) is 5.75 Å². The molecular formula is C17H16O2S. The molecule has 0 fully saturated rings. The lowest BCUT2D eigenvalue weighted by Gasteiger charge is -2.04. The molecule has 2 aromatic rings. The predicted molar refractivity (Wildman–Crippen MR) is 81.9 cm³/mol. The predicted octanol–water partition coefficient (Wildman–Crippen LogP) is 3.90. The van der Waals surface area contributed by atoms with E-state index in [9.17, 15) is 4.79 Å². The molecule has 1 aliphatic heterocycles. The summed E-state index contributed by atoms with van der Waals surface area (Å²) in [5.74, 6) is 1.57. The zero-order chi connectivity index (χ0) is 13.9. The number of hydrogen-bond donors (Lipinski definition) is 0. The van der Waals surface area contributed by atoms with Crippen molar-refractivity contribution in [1.82, 2.24) is 0 Å². The van der Waals surface area contributed by atoms with Crippen LogP contribution in [-0.2, 0) is 6.42 Å². The summed E-state index contributed by atoms with van der Waals surface area (Å²) < 4.78 is 5.46. The van der Waals surface area contributed by atoms with Gasteiger partial charge in [-0.05, 0) is 42.8 Å². The summed E-state index contributed by atoms with van der Waals surface area (Å²) in [6.45, 7) is 2.79. The maximum absolute atomic E-state index is 12.2. The van der Waals surface area contributed by atoms with E-state index in [0.29, 0.717) is 5.75 Å². The Bertz CT molecular complexity index is 649. The molecule has 0 N–H and O–H groups in total. The van der Waals surface area contributed by atoms with Gasteiger partial charge < -0.3 is 4.74 Å². The second-order valence-corrected chi connectivity index (χ2v) is 6.00. The van der Waals surface area contributed by atoms with E-state index in [1.165, 1.54) is 5.56 Å². The molecule has 0 saturated carbocycles. The number of thioether (sulfide) groups is 1. The quantitative estimate of drug-likeness (QED) is 0.629. The van der Waals surface area contributed by atoms with Crippen molar-refractivity contribution >= 4 is 17.5 Å². The van der Waals surface area contributed by atoms with E-state index in [0.717, 1.165) is 34.8 Å². The van der Waals surface area contributed by atoms with E-state index in [4.69, 9.17) is 4.74 Å². The standard InChI is InChI=1S/C17H16O2S/c1-12-3-2-4-15(9-12)20-11-16(18)13-5-6-17-14(10-13)7-8-19-17/h2-6,9-10H,7-8,11H2,1H3. The number of Topliss-reactive ketones (excluding diaryl/α,β-unsaturated/α-hetero) is 1. The van der Waals surface area contributed by atoms with Gasteiger partial charge in [0.15, 0.2) is 5.78 Å². The van der Waals surface area contributed by atoms with E-state index in [2.05, 4.69) is 19.1 Å². The maximum atomic E-state index is 12.2. The number of hydrogen-bond acceptors (Lipinski definition) is 3. The van der Waals surface area contributed by atoms with Gasteiger partial charge in [-0.25, -0.2) is 0 Å². The van der Waals surface area contributed by atoms with Crippen molar-refractivity contribution in [1.29, 1.82) is 0 Å². The van der Waals surface area contributed by atoms with Gasteiger partial charge in [0.25, 0.3) is 0 Å². The zero-order valence-corrected chi connectivity index (χ0v) is 12.2. The van der Waals surface area contributed by atoms with Gasteiger partial charge in [-0.1, -0.05) is 17.7 Å². The summed E-state index contributed by atoms with van der Waals surface area (Å²) in [6, 6.07) is 14.0. The average Bonchev–Trinajstić information content (AvgIpc) is 2.92. The van der Waals surface area contributed by atoms with Crippen LogP contribution < -0.4 is 4.74 Å². The molecule has 2 nitrogen and oxygen atoms in total. The van der Waals surface area contributed by atoms with Crippen molar-refractivity contribution < 1.29 is 9.53 Å². The van der Waals surface area contributed by atoms with Crippen LogP contribution in [0, 0.1) is 6.92 Å². The zero-order valence-electron chi connectivity index (χ0n) is 11.4. The van der Waals surface area contributed by atoms with Crippen molar-refractivity contribution in [2.24, 2.45) is 0 Å². The Labute approximate surface area is 123 Å². The van der Waals surface area contributed by atoms with Crippen LogP contribution in [0.15, 0.2) is 47.4 Å². The second kappa shape index (κ2) is 5.71. The van der Waals surface area contributed by atoms with E-state index < -0.39 is 0 Å². The molecule has 1 heterocycles. The average molecular weight is 284 g/mol. The number of rotatable bonds is 4. The maximum Gasteiger partial charge on any atom is 0.173 e. The van der Waals surface area contributed by atoms with Crippen LogP contribution in [0.1, 0.15) is 21.5 Å². The SMILES string of the molecule is Cc1cccc(SCC(=O)c2ccc3c(c2)CCO3)c1. The summed E-state index contributed by atoms with van der Waals surface area (Å²) in [6.07, 6.45) is 0.904. The van der Waals surface area contributed by atoms with Crippen LogP contribution >= 0.6 is 11.8 Å². The molecule has 0 spiro atoms. The number of ether oxygens (including phenoxy) is 1. The van der Waals surface area contributed by atoms with Crippen molar-refractivity contribution in [2.45, 2.75) is 18.2 Å². The minimum absolute atomic E-state index is 0.172. The van der Waals surface area contributed by atoms with Gasteiger partial charge >= 0.3 is 0 Å². The highest BCUT2D eigenvalue weighted by Crippen LogP contribution is 2.27. The molecule has 0 atom stereocenters. The number of benzene rings is 2. The minimum atomic E-state index is 0.172. The van der Waals surface area contributed by atoms with Crippen molar-refractivity contribution in [3.05, 3.63) is 59.2 Å². The topological polar surface area (TPSA) is 26.3 Å². The molecule has 0 bridgehead atoms. The lowest BCUT2D eigenvalue weighted by Crippen LogP contribution is -2.02. The van der Waals surface area contributed by atoms with E-state index in [-0.39, 0.29) is 5.78 Å². The molecule has 0 radical (unpaired) electrons. The van der Waals surface area contributed by atoms with E-state index in [1.807, 2.05) is 30.3 Å². The first-order chi connectivity index (χ1) is 9.72. The molecule has 0 unspecified atom stereocenters. The third-order valence-corrected chi connectivity index (χ3v) is 4.36. The Morgan fingerprint density at radius 1 is 1.25 bits per heavy atom. The highest BCUT2D eigenvalue weighted by atomic mass is 32.2. The monoisotopic (exact) mass is 284 g/mol. The van der Waals surface area contributed by atoms with Crippen LogP contribution in [0.5, 0.6) is 5.75 Å². The molecule has 3 heteroatoms. The molecule has 0 aromatic heterocycles. The fraction of sp³-hybridized carbons (Fsp3) is 0.235. The Morgan fingerprint density at radius 3 is 3.00 bits per heavy atom. The van der Waals surface area contributed by atoms with Crippen LogP contribution in [0.4, 0.5) is 0 Å². The van der Waals surface area contributed by atoms with Crippen LogP contribution in [0.2, 0.25) is 0 Å². The van der Waals surface area contributed by atoms with Gasteiger partial charge in [0, 0.05) is 16.9 Å². The van der Waals surface area contributed by atoms with Crippen LogP contribution in [0.3, 0.4) is 0 Å². The minimum Gasteiger partial charge on any atom is -0.493 e. The first kappa shape index (κ1) is 13.3. The molecule has 0 saturated heterocycles. The van der Waals surface area contributed by atoms with Gasteiger partial charge in [-0.15, -0.1) is 11.8 Å². The Kier molecular flexibility index (Phi) is 3.79. The van der Waals surface area contributed by atoms with Crippen molar-refractivity contribution in [3.8, 4) is 5.75 Å². The highest BCUT2D eigenvalue weighted by molar-refractivity contribution is 8.00. The first-order valence-electron chi connectivity index (χ1n) is 6.71. The van der Waals surface area contributed by atoms with Gasteiger partial charge in [-0.2, -0.15) is 0 Å². The van der Waals surface area contributed by atoms with Crippen molar-refractivity contribution in [2.75, 3.05) is 12.4 Å². The molecule has 2 aromatic carbocycles. The third-order valence-electron chi connectivity index (χ3n) is 3.37. The summed E-state index contributed by atoms with van der Waals surface area (Å²) in [5, 5.41) is 0. The summed E-state index contributed by atoms with van der Waals surface area (Å²) in [5.41, 5.74) is 3.16. The van der Waals surface area contributed by atoms with Gasteiger partial charge in [0.05, 0.1) is 12.4 Å². The number of aryl methyl sites for hydroxylation is 1. The fourth-order valence-electron chi connectivity index (χ4n) is 2.30. The number of carbonyl (C=O) groups is 1. The molecular weight excluding hydrogens is 268 g/mol. The number of carbonyl (C=O) groups excluding carboxylic acids is 1. The lowest BCUT2D eigenvalue weighted by atomic mass is 10.1. The lowest BCUT2D eigenvalue weighted by molar-refractivity contribution is 0.102. The molecule has 1 aliphatic rings. The van der Waals surface area contributed by atoms with Crippen molar-refractivity contribution in [3.63, 3.8) is 0 Å². The fourth-order valence-corrected chi connectivity index (χ4v) is 3.21. The number of fused-ring (bicyclic) bond motifs is 1. The molecule has 102 valence electrons. The summed E-state index contributed by atoms with van der Waals surface area (Å²) in [4.78, 5) is 13.4. The molecule has 0 amide bonds. The van der Waals surface area contributed by atoms with Crippen LogP contribution in [0.25, 0.3) is 0 Å². The first-order valence-corrected chi connectivity index (χ1v) is 7.69. The third kappa shape index (κ3) is 2.88. The summed E-state index contributed by atoms with van der Waals surface area (Å²) in [7, 11) is 0. The normalized spacial score (nSPS) is 12.8.